The Hall–Kier alpha value is -3.44. The summed E-state index contributed by atoms with van der Waals surface area (Å²) in [5.41, 5.74) is 2.58. The number of nitrogens with two attached hydrogens (primary N) is 1. The molecule has 11 heteroatoms. The number of carbonyl (C=O) groups is 1. The third kappa shape index (κ3) is 5.78. The summed E-state index contributed by atoms with van der Waals surface area (Å²) < 4.78 is 45.9. The molecule has 1 atom stereocenters. The molecule has 0 saturated carbocycles. The lowest BCUT2D eigenvalue weighted by molar-refractivity contribution is -0.145. The molecular weight excluding hydrogens is 485 g/mol. The standard InChI is InChI=1S/C26H31F3N6O2/c1-4-18(15-34(30)19-9-12-31-13-10-19)20-7-8-22-21(6-5-16(2)35(22)17(3)36)24(20)37-23-11-14-32-25(33-23)26(27,28)29/h4,7-8,11,14-16,19,31H,1,5-6,9-10,12-13,30H2,2-3H3/b18-15+/t16-/m0/s1. The van der Waals surface area contributed by atoms with Crippen molar-refractivity contribution in [2.24, 2.45) is 5.84 Å². The molecule has 2 aliphatic rings. The number of hydrogen-bond donors (Lipinski definition) is 2. The van der Waals surface area contributed by atoms with Gasteiger partial charge in [-0.15, -0.1) is 0 Å². The highest BCUT2D eigenvalue weighted by Gasteiger charge is 2.35. The number of aromatic nitrogens is 2. The fourth-order valence-electron chi connectivity index (χ4n) is 4.87. The maximum Gasteiger partial charge on any atom is 0.451 e. The van der Waals surface area contributed by atoms with Crippen LogP contribution in [0.1, 0.15) is 50.1 Å². The van der Waals surface area contributed by atoms with Crippen LogP contribution < -0.4 is 20.8 Å². The second-order valence-electron chi connectivity index (χ2n) is 9.25. The molecule has 1 saturated heterocycles. The number of ether oxygens (including phenoxy) is 1. The fourth-order valence-corrected chi connectivity index (χ4v) is 4.87. The molecule has 3 N–H and O–H groups in total. The van der Waals surface area contributed by atoms with Crippen LogP contribution in [0.15, 0.2) is 43.3 Å². The summed E-state index contributed by atoms with van der Waals surface area (Å²) >= 11 is 0. The number of anilines is 1. The molecule has 2 aromatic rings. The van der Waals surface area contributed by atoms with Gasteiger partial charge in [0.05, 0.1) is 5.69 Å². The molecular formula is C26H31F3N6O2. The van der Waals surface area contributed by atoms with E-state index in [1.54, 1.807) is 28.3 Å². The van der Waals surface area contributed by atoms with Crippen molar-refractivity contribution in [3.63, 3.8) is 0 Å². The van der Waals surface area contributed by atoms with Gasteiger partial charge in [-0.05, 0) is 57.8 Å². The van der Waals surface area contributed by atoms with Crippen molar-refractivity contribution in [2.75, 3.05) is 18.0 Å². The SMILES string of the molecule is C=C/C(=C\N(N)C1CCNCC1)c1ccc2c(c1Oc1ccnc(C(F)(F)F)n1)CC[C@H](C)N2C(C)=O. The largest absolute Gasteiger partial charge is 0.451 e. The molecule has 37 heavy (non-hydrogen) atoms. The Labute approximate surface area is 214 Å². The number of piperidine rings is 1. The van der Waals surface area contributed by atoms with Crippen molar-refractivity contribution >= 4 is 17.2 Å². The van der Waals surface area contributed by atoms with Crippen molar-refractivity contribution < 1.29 is 22.7 Å². The molecule has 4 rings (SSSR count). The third-order valence-electron chi connectivity index (χ3n) is 6.73. The Morgan fingerprint density at radius 1 is 1.27 bits per heavy atom. The van der Waals surface area contributed by atoms with Crippen molar-refractivity contribution in [3.8, 4) is 11.6 Å². The van der Waals surface area contributed by atoms with E-state index in [9.17, 15) is 18.0 Å². The number of allylic oxidation sites excluding steroid dienone is 2. The molecule has 0 aliphatic carbocycles. The van der Waals surface area contributed by atoms with Gasteiger partial charge in [0.25, 0.3) is 0 Å². The van der Waals surface area contributed by atoms with E-state index in [1.807, 2.05) is 13.0 Å². The van der Waals surface area contributed by atoms with Gasteiger partial charge in [0, 0.05) is 54.2 Å². The van der Waals surface area contributed by atoms with Gasteiger partial charge in [-0.1, -0.05) is 12.7 Å². The minimum atomic E-state index is -4.72. The topological polar surface area (TPSA) is 96.6 Å². The van der Waals surface area contributed by atoms with E-state index in [0.29, 0.717) is 41.0 Å². The molecule has 198 valence electrons. The zero-order valence-corrected chi connectivity index (χ0v) is 20.9. The molecule has 1 amide bonds. The predicted molar refractivity (Wildman–Crippen MR) is 135 cm³/mol. The van der Waals surface area contributed by atoms with Crippen molar-refractivity contribution in [3.05, 3.63) is 60.2 Å². The Morgan fingerprint density at radius 3 is 2.65 bits per heavy atom. The highest BCUT2D eigenvalue weighted by atomic mass is 19.4. The quantitative estimate of drug-likeness (QED) is 0.333. The van der Waals surface area contributed by atoms with Crippen molar-refractivity contribution in [1.82, 2.24) is 20.3 Å². The number of carbonyl (C=O) groups excluding carboxylic acids is 1. The number of nitrogens with one attached hydrogen (secondary N) is 1. The molecule has 1 aromatic carbocycles. The van der Waals surface area contributed by atoms with E-state index in [0.717, 1.165) is 32.1 Å². The second-order valence-corrected chi connectivity index (χ2v) is 9.25. The van der Waals surface area contributed by atoms with Gasteiger partial charge in [0.2, 0.25) is 17.6 Å². The van der Waals surface area contributed by atoms with Crippen LogP contribution in [-0.4, -0.2) is 46.1 Å². The number of hydrogen-bond acceptors (Lipinski definition) is 7. The van der Waals surface area contributed by atoms with Gasteiger partial charge < -0.3 is 20.0 Å². The Bertz CT molecular complexity index is 1190. The number of alkyl halides is 3. The van der Waals surface area contributed by atoms with E-state index in [4.69, 9.17) is 10.6 Å². The lowest BCUT2D eigenvalue weighted by Crippen LogP contribution is -2.44. The van der Waals surface area contributed by atoms with E-state index in [1.165, 1.54) is 13.0 Å². The maximum absolute atomic E-state index is 13.3. The number of hydrazine groups is 1. The van der Waals surface area contributed by atoms with Gasteiger partial charge >= 0.3 is 6.18 Å². The van der Waals surface area contributed by atoms with Crippen LogP contribution in [0, 0.1) is 0 Å². The van der Waals surface area contributed by atoms with Crippen LogP contribution in [0.3, 0.4) is 0 Å². The minimum Gasteiger partial charge on any atom is -0.438 e. The van der Waals surface area contributed by atoms with E-state index >= 15 is 0 Å². The Kier molecular flexibility index (Phi) is 7.84. The van der Waals surface area contributed by atoms with Crippen LogP contribution in [0.25, 0.3) is 5.57 Å². The third-order valence-corrected chi connectivity index (χ3v) is 6.73. The number of rotatable bonds is 6. The molecule has 8 nitrogen and oxygen atoms in total. The summed E-state index contributed by atoms with van der Waals surface area (Å²) in [5, 5.41) is 4.95. The number of nitrogens with zero attached hydrogens (tertiary/aromatic N) is 4. The van der Waals surface area contributed by atoms with Gasteiger partial charge in [0.15, 0.2) is 0 Å². The summed E-state index contributed by atoms with van der Waals surface area (Å²) in [6.07, 6.45) is 2.65. The highest BCUT2D eigenvalue weighted by molar-refractivity contribution is 5.95. The first-order valence-corrected chi connectivity index (χ1v) is 12.2. The Morgan fingerprint density at radius 2 is 2.00 bits per heavy atom. The normalized spacial score (nSPS) is 18.8. The summed E-state index contributed by atoms with van der Waals surface area (Å²) in [4.78, 5) is 21.1. The van der Waals surface area contributed by atoms with Crippen LogP contribution in [0.4, 0.5) is 18.9 Å². The van der Waals surface area contributed by atoms with Gasteiger partial charge in [-0.3, -0.25) is 4.79 Å². The summed E-state index contributed by atoms with van der Waals surface area (Å²) in [6, 6.07) is 4.97. The van der Waals surface area contributed by atoms with E-state index in [2.05, 4.69) is 21.9 Å². The van der Waals surface area contributed by atoms with Gasteiger partial charge in [0.1, 0.15) is 5.75 Å². The molecule has 0 spiro atoms. The second kappa shape index (κ2) is 10.9. The first-order chi connectivity index (χ1) is 17.6. The van der Waals surface area contributed by atoms with Crippen LogP contribution in [0.5, 0.6) is 11.6 Å². The van der Waals surface area contributed by atoms with Crippen LogP contribution in [-0.2, 0) is 17.4 Å². The van der Waals surface area contributed by atoms with Gasteiger partial charge in [-0.25, -0.2) is 10.8 Å². The lowest BCUT2D eigenvalue weighted by Gasteiger charge is -2.36. The van der Waals surface area contributed by atoms with Crippen molar-refractivity contribution in [1.29, 1.82) is 0 Å². The maximum atomic E-state index is 13.3. The fraction of sp³-hybridized carbons (Fsp3) is 0.423. The predicted octanol–water partition coefficient (Wildman–Crippen LogP) is 4.43. The Balaban J connectivity index is 1.83. The first-order valence-electron chi connectivity index (χ1n) is 12.2. The summed E-state index contributed by atoms with van der Waals surface area (Å²) in [6.45, 7) is 9.10. The minimum absolute atomic E-state index is 0.0338. The molecule has 0 unspecified atom stereocenters. The molecule has 0 bridgehead atoms. The zero-order chi connectivity index (χ0) is 26.7. The summed E-state index contributed by atoms with van der Waals surface area (Å²) in [7, 11) is 0. The number of fused-ring (bicyclic) bond motifs is 1. The van der Waals surface area contributed by atoms with E-state index in [-0.39, 0.29) is 23.9 Å². The van der Waals surface area contributed by atoms with Crippen molar-refractivity contribution in [2.45, 2.75) is 57.8 Å². The summed E-state index contributed by atoms with van der Waals surface area (Å²) in [5.74, 6) is 5.02. The monoisotopic (exact) mass is 516 g/mol. The smallest absolute Gasteiger partial charge is 0.438 e. The van der Waals surface area contributed by atoms with E-state index < -0.39 is 12.0 Å². The van der Waals surface area contributed by atoms with Crippen LogP contribution in [0.2, 0.25) is 0 Å². The lowest BCUT2D eigenvalue weighted by atomic mass is 9.91. The molecule has 1 fully saturated rings. The zero-order valence-electron chi connectivity index (χ0n) is 20.9. The molecule has 1 aromatic heterocycles. The molecule has 0 radical (unpaired) electrons. The highest BCUT2D eigenvalue weighted by Crippen LogP contribution is 2.43. The first kappa shape index (κ1) is 26.6. The number of benzene rings is 1. The molecule has 3 heterocycles. The van der Waals surface area contributed by atoms with Gasteiger partial charge in [-0.2, -0.15) is 18.2 Å². The van der Waals surface area contributed by atoms with Crippen LogP contribution >= 0.6 is 0 Å². The number of amides is 1. The molecule has 2 aliphatic heterocycles. The average molecular weight is 517 g/mol. The number of halogens is 3. The average Bonchev–Trinajstić information content (AvgIpc) is 2.87.